The van der Waals surface area contributed by atoms with Crippen LogP contribution in [0.25, 0.3) is 6.08 Å². The number of aryl methyl sites for hydroxylation is 1. The normalized spacial score (nSPS) is 11.0. The summed E-state index contributed by atoms with van der Waals surface area (Å²) in [5.74, 6) is 0.817. The van der Waals surface area contributed by atoms with Crippen LogP contribution in [-0.4, -0.2) is 5.75 Å². The zero-order valence-electron chi connectivity index (χ0n) is 5.87. The van der Waals surface area contributed by atoms with Crippen molar-refractivity contribution in [1.82, 2.24) is 0 Å². The highest BCUT2D eigenvalue weighted by molar-refractivity contribution is 7.80. The van der Waals surface area contributed by atoms with Crippen molar-refractivity contribution in [3.63, 3.8) is 0 Å². The average molecular weight is 170 g/mol. The summed E-state index contributed by atoms with van der Waals surface area (Å²) in [5.41, 5.74) is 1.35. The van der Waals surface area contributed by atoms with Gasteiger partial charge in [0.05, 0.1) is 0 Å². The fourth-order valence-corrected chi connectivity index (χ4v) is 1.67. The summed E-state index contributed by atoms with van der Waals surface area (Å²) < 4.78 is 0. The predicted molar refractivity (Wildman–Crippen MR) is 51.9 cm³/mol. The van der Waals surface area contributed by atoms with Crippen molar-refractivity contribution >= 4 is 30.0 Å². The largest absolute Gasteiger partial charge is 0.175 e. The number of hydrogen-bond acceptors (Lipinski definition) is 2. The molecule has 0 fully saturated rings. The molecule has 10 heavy (non-hydrogen) atoms. The summed E-state index contributed by atoms with van der Waals surface area (Å²) in [6.45, 7) is 2.12. The van der Waals surface area contributed by atoms with E-state index in [4.69, 9.17) is 0 Å². The van der Waals surface area contributed by atoms with Gasteiger partial charge in [-0.1, -0.05) is 6.08 Å². The second kappa shape index (κ2) is 3.84. The minimum Gasteiger partial charge on any atom is -0.175 e. The second-order valence-electron chi connectivity index (χ2n) is 2.05. The highest BCUT2D eigenvalue weighted by Gasteiger charge is 1.91. The molecule has 0 aromatic carbocycles. The summed E-state index contributed by atoms with van der Waals surface area (Å²) in [6.07, 6.45) is 4.18. The van der Waals surface area contributed by atoms with Crippen LogP contribution >= 0.6 is 24.0 Å². The van der Waals surface area contributed by atoms with Gasteiger partial charge >= 0.3 is 0 Å². The second-order valence-corrected chi connectivity index (χ2v) is 3.37. The van der Waals surface area contributed by atoms with Gasteiger partial charge in [-0.2, -0.15) is 12.6 Å². The average Bonchev–Trinajstić information content (AvgIpc) is 2.31. The Morgan fingerprint density at radius 3 is 3.00 bits per heavy atom. The summed E-state index contributed by atoms with van der Waals surface area (Å²) in [5, 5.41) is 2.10. The lowest BCUT2D eigenvalue weighted by Gasteiger charge is -1.86. The van der Waals surface area contributed by atoms with E-state index in [9.17, 15) is 0 Å². The topological polar surface area (TPSA) is 0 Å². The van der Waals surface area contributed by atoms with Crippen molar-refractivity contribution in [2.24, 2.45) is 0 Å². The van der Waals surface area contributed by atoms with Gasteiger partial charge in [0.2, 0.25) is 0 Å². The van der Waals surface area contributed by atoms with E-state index >= 15 is 0 Å². The van der Waals surface area contributed by atoms with Gasteiger partial charge in [0.25, 0.3) is 0 Å². The van der Waals surface area contributed by atoms with Crippen LogP contribution in [-0.2, 0) is 0 Å². The summed E-state index contributed by atoms with van der Waals surface area (Å²) in [7, 11) is 0. The minimum atomic E-state index is 0.817. The number of rotatable bonds is 2. The van der Waals surface area contributed by atoms with E-state index in [1.807, 2.05) is 0 Å². The Bertz CT molecular complexity index is 223. The molecule has 1 heterocycles. The van der Waals surface area contributed by atoms with Gasteiger partial charge in [-0.15, -0.1) is 11.3 Å². The van der Waals surface area contributed by atoms with Crippen LogP contribution in [0.15, 0.2) is 17.5 Å². The van der Waals surface area contributed by atoms with Crippen LogP contribution in [0.4, 0.5) is 0 Å². The number of thiol groups is 1. The summed E-state index contributed by atoms with van der Waals surface area (Å²) in [6, 6.07) is 2.13. The zero-order valence-corrected chi connectivity index (χ0v) is 7.58. The Balaban J connectivity index is 2.74. The zero-order chi connectivity index (χ0) is 7.40. The van der Waals surface area contributed by atoms with E-state index < -0.39 is 0 Å². The molecular weight excluding hydrogens is 160 g/mol. The molecule has 0 aliphatic heterocycles. The van der Waals surface area contributed by atoms with E-state index in [0.717, 1.165) is 5.75 Å². The SMILES string of the molecule is Cc1ccsc1C=CCS. The van der Waals surface area contributed by atoms with Crippen LogP contribution < -0.4 is 0 Å². The van der Waals surface area contributed by atoms with Crippen molar-refractivity contribution in [2.45, 2.75) is 6.92 Å². The fraction of sp³-hybridized carbons (Fsp3) is 0.250. The molecule has 0 unspecified atom stereocenters. The Hall–Kier alpha value is -0.210. The van der Waals surface area contributed by atoms with Gasteiger partial charge in [0.15, 0.2) is 0 Å². The molecule has 0 N–H and O–H groups in total. The van der Waals surface area contributed by atoms with Crippen molar-refractivity contribution in [3.05, 3.63) is 28.0 Å². The first-order chi connectivity index (χ1) is 4.84. The van der Waals surface area contributed by atoms with E-state index in [-0.39, 0.29) is 0 Å². The first kappa shape index (κ1) is 7.89. The highest BCUT2D eigenvalue weighted by atomic mass is 32.1. The molecule has 0 amide bonds. The quantitative estimate of drug-likeness (QED) is 0.648. The van der Waals surface area contributed by atoms with Gasteiger partial charge in [-0.3, -0.25) is 0 Å². The Morgan fingerprint density at radius 2 is 2.50 bits per heavy atom. The van der Waals surface area contributed by atoms with Gasteiger partial charge in [-0.05, 0) is 30.0 Å². The number of hydrogen-bond donors (Lipinski definition) is 1. The molecule has 0 aliphatic carbocycles. The van der Waals surface area contributed by atoms with Crippen molar-refractivity contribution in [2.75, 3.05) is 5.75 Å². The molecule has 0 spiro atoms. The monoisotopic (exact) mass is 170 g/mol. The first-order valence-corrected chi connectivity index (χ1v) is 4.67. The molecule has 0 radical (unpaired) electrons. The molecule has 1 aromatic heterocycles. The van der Waals surface area contributed by atoms with Gasteiger partial charge in [-0.25, -0.2) is 0 Å². The van der Waals surface area contributed by atoms with E-state index in [2.05, 4.69) is 43.2 Å². The maximum Gasteiger partial charge on any atom is 0.0296 e. The van der Waals surface area contributed by atoms with Crippen LogP contribution in [0.5, 0.6) is 0 Å². The fourth-order valence-electron chi connectivity index (χ4n) is 0.715. The Kier molecular flexibility index (Phi) is 3.03. The maximum atomic E-state index is 4.08. The molecule has 1 rings (SSSR count). The molecule has 0 bridgehead atoms. The molecule has 0 nitrogen and oxygen atoms in total. The van der Waals surface area contributed by atoms with Crippen LogP contribution in [0.1, 0.15) is 10.4 Å². The molecular formula is C8H10S2. The molecule has 1 aromatic rings. The third kappa shape index (κ3) is 1.89. The van der Waals surface area contributed by atoms with E-state index in [1.54, 1.807) is 11.3 Å². The van der Waals surface area contributed by atoms with Crippen molar-refractivity contribution in [1.29, 1.82) is 0 Å². The summed E-state index contributed by atoms with van der Waals surface area (Å²) in [4.78, 5) is 1.34. The molecule has 54 valence electrons. The van der Waals surface area contributed by atoms with Gasteiger partial charge in [0.1, 0.15) is 0 Å². The predicted octanol–water partition coefficient (Wildman–Crippen LogP) is 3.00. The third-order valence-corrected chi connectivity index (χ3v) is 2.47. The lowest BCUT2D eigenvalue weighted by Crippen LogP contribution is -1.67. The lowest BCUT2D eigenvalue weighted by molar-refractivity contribution is 1.53. The van der Waals surface area contributed by atoms with Crippen LogP contribution in [0.2, 0.25) is 0 Å². The first-order valence-electron chi connectivity index (χ1n) is 3.16. The molecule has 0 saturated carbocycles. The van der Waals surface area contributed by atoms with Crippen molar-refractivity contribution < 1.29 is 0 Å². The van der Waals surface area contributed by atoms with Gasteiger partial charge < -0.3 is 0 Å². The molecule has 2 heteroatoms. The molecule has 0 atom stereocenters. The van der Waals surface area contributed by atoms with Gasteiger partial charge in [0, 0.05) is 10.6 Å². The van der Waals surface area contributed by atoms with Crippen LogP contribution in [0.3, 0.4) is 0 Å². The van der Waals surface area contributed by atoms with E-state index in [0.29, 0.717) is 0 Å². The maximum absolute atomic E-state index is 4.08. The van der Waals surface area contributed by atoms with Crippen LogP contribution in [0, 0.1) is 6.92 Å². The smallest absolute Gasteiger partial charge is 0.0296 e. The number of thiophene rings is 1. The molecule has 0 aliphatic rings. The lowest BCUT2D eigenvalue weighted by atomic mass is 10.3. The third-order valence-electron chi connectivity index (χ3n) is 1.28. The molecule has 0 saturated heterocycles. The van der Waals surface area contributed by atoms with Crippen molar-refractivity contribution in [3.8, 4) is 0 Å². The Labute approximate surface area is 71.0 Å². The highest BCUT2D eigenvalue weighted by Crippen LogP contribution is 2.16. The summed E-state index contributed by atoms with van der Waals surface area (Å²) >= 11 is 5.85. The Morgan fingerprint density at radius 1 is 1.70 bits per heavy atom. The standard InChI is InChI=1S/C8H10S2/c1-7-4-6-10-8(7)3-2-5-9/h2-4,6,9H,5H2,1H3. The van der Waals surface area contributed by atoms with E-state index in [1.165, 1.54) is 10.4 Å². The minimum absolute atomic E-state index is 0.817.